The number of halogens is 2. The molecule has 0 aromatic heterocycles. The fourth-order valence-electron chi connectivity index (χ4n) is 1.92. The number of hydrogen-bond acceptors (Lipinski definition) is 3. The van der Waals surface area contributed by atoms with Gasteiger partial charge in [0.1, 0.15) is 5.82 Å². The minimum Gasteiger partial charge on any atom is -0.463 e. The van der Waals surface area contributed by atoms with E-state index in [1.54, 1.807) is 37.3 Å². The molecule has 0 unspecified atom stereocenters. The van der Waals surface area contributed by atoms with Crippen LogP contribution in [0.3, 0.4) is 0 Å². The number of carbonyl (C=O) groups is 2. The van der Waals surface area contributed by atoms with Crippen LogP contribution in [-0.4, -0.2) is 18.5 Å². The molecule has 2 rings (SSSR count). The van der Waals surface area contributed by atoms with E-state index in [9.17, 15) is 14.0 Å². The summed E-state index contributed by atoms with van der Waals surface area (Å²) in [6, 6.07) is 10.8. The van der Waals surface area contributed by atoms with Gasteiger partial charge in [-0.05, 0) is 48.9 Å². The number of anilines is 1. The topological polar surface area (TPSA) is 55.4 Å². The monoisotopic (exact) mass is 391 g/mol. The van der Waals surface area contributed by atoms with Gasteiger partial charge in [0.05, 0.1) is 6.61 Å². The van der Waals surface area contributed by atoms with Crippen LogP contribution < -0.4 is 5.32 Å². The standard InChI is InChI=1S/C18H15BrFNO3/c1-2-24-17(22)8-5-12-3-6-16(7-4-12)21-18(23)13-9-14(19)11-15(20)10-13/h3-11H,2H2,1H3,(H,21,23)/b8-5+. The highest BCUT2D eigenvalue weighted by Gasteiger charge is 2.08. The third kappa shape index (κ3) is 5.31. The van der Waals surface area contributed by atoms with Crippen LogP contribution in [0.25, 0.3) is 6.08 Å². The molecule has 1 amide bonds. The second-order valence-electron chi connectivity index (χ2n) is 4.82. The molecule has 0 saturated heterocycles. The normalized spacial score (nSPS) is 10.6. The van der Waals surface area contributed by atoms with Crippen LogP contribution in [0, 0.1) is 5.82 Å². The first-order chi connectivity index (χ1) is 11.5. The Morgan fingerprint density at radius 1 is 1.21 bits per heavy atom. The highest BCUT2D eigenvalue weighted by molar-refractivity contribution is 9.10. The van der Waals surface area contributed by atoms with E-state index in [2.05, 4.69) is 21.2 Å². The number of amides is 1. The molecule has 0 heterocycles. The van der Waals surface area contributed by atoms with Crippen molar-refractivity contribution in [3.05, 3.63) is 70.0 Å². The van der Waals surface area contributed by atoms with Crippen LogP contribution in [0.1, 0.15) is 22.8 Å². The number of ether oxygens (including phenoxy) is 1. The summed E-state index contributed by atoms with van der Waals surface area (Å²) in [5.74, 6) is -1.31. The maximum Gasteiger partial charge on any atom is 0.330 e. The molecular formula is C18H15BrFNO3. The molecule has 0 atom stereocenters. The summed E-state index contributed by atoms with van der Waals surface area (Å²) in [6.07, 6.45) is 2.95. The molecule has 6 heteroatoms. The zero-order valence-corrected chi connectivity index (χ0v) is 14.5. The van der Waals surface area contributed by atoms with Crippen molar-refractivity contribution in [2.24, 2.45) is 0 Å². The minimum atomic E-state index is -0.492. The number of rotatable bonds is 5. The van der Waals surface area contributed by atoms with Gasteiger partial charge in [0.15, 0.2) is 0 Å². The lowest BCUT2D eigenvalue weighted by Gasteiger charge is -2.06. The fourth-order valence-corrected chi connectivity index (χ4v) is 2.39. The Morgan fingerprint density at radius 3 is 2.54 bits per heavy atom. The second-order valence-corrected chi connectivity index (χ2v) is 5.74. The molecule has 0 spiro atoms. The summed E-state index contributed by atoms with van der Waals surface area (Å²) in [7, 11) is 0. The lowest BCUT2D eigenvalue weighted by atomic mass is 10.1. The summed E-state index contributed by atoms with van der Waals surface area (Å²) < 4.78 is 18.6. The van der Waals surface area contributed by atoms with Gasteiger partial charge in [-0.2, -0.15) is 0 Å². The summed E-state index contributed by atoms with van der Waals surface area (Å²) in [4.78, 5) is 23.4. The van der Waals surface area contributed by atoms with Gasteiger partial charge in [0.25, 0.3) is 5.91 Å². The third-order valence-corrected chi connectivity index (χ3v) is 3.45. The quantitative estimate of drug-likeness (QED) is 0.606. The summed E-state index contributed by atoms with van der Waals surface area (Å²) in [6.45, 7) is 2.06. The van der Waals surface area contributed by atoms with Crippen molar-refractivity contribution in [1.29, 1.82) is 0 Å². The number of benzene rings is 2. The maximum absolute atomic E-state index is 13.3. The van der Waals surface area contributed by atoms with E-state index >= 15 is 0 Å². The average molecular weight is 392 g/mol. The molecule has 0 saturated carbocycles. The van der Waals surface area contributed by atoms with E-state index in [0.717, 1.165) is 11.6 Å². The summed E-state index contributed by atoms with van der Waals surface area (Å²) in [5, 5.41) is 2.68. The molecule has 0 radical (unpaired) electrons. The number of carbonyl (C=O) groups excluding carboxylic acids is 2. The van der Waals surface area contributed by atoms with E-state index < -0.39 is 17.7 Å². The van der Waals surface area contributed by atoms with E-state index in [-0.39, 0.29) is 5.56 Å². The average Bonchev–Trinajstić information content (AvgIpc) is 2.53. The Labute approximate surface area is 147 Å². The highest BCUT2D eigenvalue weighted by atomic mass is 79.9. The molecular weight excluding hydrogens is 377 g/mol. The molecule has 2 aromatic rings. The lowest BCUT2D eigenvalue weighted by Crippen LogP contribution is -2.12. The first-order valence-electron chi connectivity index (χ1n) is 7.20. The van der Waals surface area contributed by atoms with Crippen molar-refractivity contribution in [2.75, 3.05) is 11.9 Å². The number of nitrogens with one attached hydrogen (secondary N) is 1. The molecule has 1 N–H and O–H groups in total. The van der Waals surface area contributed by atoms with Crippen molar-refractivity contribution in [2.45, 2.75) is 6.92 Å². The Balaban J connectivity index is 2.03. The molecule has 0 aliphatic rings. The molecule has 2 aromatic carbocycles. The summed E-state index contributed by atoms with van der Waals surface area (Å²) >= 11 is 3.15. The second kappa shape index (κ2) is 8.40. The molecule has 4 nitrogen and oxygen atoms in total. The van der Waals surface area contributed by atoms with Crippen LogP contribution in [0.5, 0.6) is 0 Å². The smallest absolute Gasteiger partial charge is 0.330 e. The largest absolute Gasteiger partial charge is 0.463 e. The van der Waals surface area contributed by atoms with Gasteiger partial charge in [-0.3, -0.25) is 4.79 Å². The van der Waals surface area contributed by atoms with E-state index in [0.29, 0.717) is 16.8 Å². The van der Waals surface area contributed by atoms with Crippen LogP contribution >= 0.6 is 15.9 Å². The fraction of sp³-hybridized carbons (Fsp3) is 0.111. The summed E-state index contributed by atoms with van der Waals surface area (Å²) in [5.41, 5.74) is 1.57. The predicted molar refractivity (Wildman–Crippen MR) is 94.2 cm³/mol. The molecule has 0 fully saturated rings. The predicted octanol–water partition coefficient (Wildman–Crippen LogP) is 4.42. The van der Waals surface area contributed by atoms with E-state index in [4.69, 9.17) is 4.74 Å². The van der Waals surface area contributed by atoms with Crippen molar-refractivity contribution >= 4 is 39.6 Å². The van der Waals surface area contributed by atoms with E-state index in [1.807, 2.05) is 0 Å². The zero-order chi connectivity index (χ0) is 17.5. The van der Waals surface area contributed by atoms with Gasteiger partial charge in [0, 0.05) is 21.8 Å². The SMILES string of the molecule is CCOC(=O)/C=C/c1ccc(NC(=O)c2cc(F)cc(Br)c2)cc1. The van der Waals surface area contributed by atoms with Crippen molar-refractivity contribution in [1.82, 2.24) is 0 Å². The Hall–Kier alpha value is -2.47. The van der Waals surface area contributed by atoms with Crippen LogP contribution in [0.15, 0.2) is 53.0 Å². The van der Waals surface area contributed by atoms with Crippen molar-refractivity contribution in [3.63, 3.8) is 0 Å². The highest BCUT2D eigenvalue weighted by Crippen LogP contribution is 2.17. The first-order valence-corrected chi connectivity index (χ1v) is 7.99. The van der Waals surface area contributed by atoms with E-state index in [1.165, 1.54) is 18.2 Å². The Kier molecular flexibility index (Phi) is 6.26. The first kappa shape index (κ1) is 17.9. The Morgan fingerprint density at radius 2 is 1.92 bits per heavy atom. The molecule has 124 valence electrons. The van der Waals surface area contributed by atoms with Crippen LogP contribution in [0.2, 0.25) is 0 Å². The van der Waals surface area contributed by atoms with Gasteiger partial charge in [-0.25, -0.2) is 9.18 Å². The van der Waals surface area contributed by atoms with Gasteiger partial charge in [-0.15, -0.1) is 0 Å². The molecule has 0 aliphatic heterocycles. The van der Waals surface area contributed by atoms with Crippen LogP contribution in [-0.2, 0) is 9.53 Å². The Bertz CT molecular complexity index is 752. The molecule has 24 heavy (non-hydrogen) atoms. The number of hydrogen-bond donors (Lipinski definition) is 1. The van der Waals surface area contributed by atoms with Gasteiger partial charge in [0.2, 0.25) is 0 Å². The third-order valence-electron chi connectivity index (χ3n) is 2.99. The maximum atomic E-state index is 13.3. The van der Waals surface area contributed by atoms with Gasteiger partial charge in [-0.1, -0.05) is 28.1 Å². The lowest BCUT2D eigenvalue weighted by molar-refractivity contribution is -0.137. The van der Waals surface area contributed by atoms with Crippen LogP contribution in [0.4, 0.5) is 10.1 Å². The molecule has 0 bridgehead atoms. The van der Waals surface area contributed by atoms with Crippen molar-refractivity contribution in [3.8, 4) is 0 Å². The zero-order valence-electron chi connectivity index (χ0n) is 12.9. The van der Waals surface area contributed by atoms with Gasteiger partial charge >= 0.3 is 5.97 Å². The van der Waals surface area contributed by atoms with Crippen molar-refractivity contribution < 1.29 is 18.7 Å². The number of esters is 1. The minimum absolute atomic E-state index is 0.216. The van der Waals surface area contributed by atoms with Gasteiger partial charge < -0.3 is 10.1 Å². The molecule has 0 aliphatic carbocycles.